The van der Waals surface area contributed by atoms with Gasteiger partial charge in [0.05, 0.1) is 23.8 Å². The summed E-state index contributed by atoms with van der Waals surface area (Å²) < 4.78 is 15.2. The predicted molar refractivity (Wildman–Crippen MR) is 69.8 cm³/mol. The molecule has 0 radical (unpaired) electrons. The Balaban J connectivity index is 2.31. The van der Waals surface area contributed by atoms with Crippen molar-refractivity contribution in [1.29, 1.82) is 0 Å². The molecule has 0 bridgehead atoms. The average molecular weight is 279 g/mol. The number of rotatable bonds is 4. The minimum absolute atomic E-state index is 0.105. The number of benzene rings is 1. The second-order valence-corrected chi connectivity index (χ2v) is 4.51. The van der Waals surface area contributed by atoms with Crippen LogP contribution in [0.4, 0.5) is 10.1 Å². The SMILES string of the molecule is Cc1nn(Cc2ccc([N+](=O)[O-])c(F)c2)c(C)c1CO. The maximum absolute atomic E-state index is 13.5. The lowest BCUT2D eigenvalue weighted by molar-refractivity contribution is -0.387. The molecule has 0 atom stereocenters. The molecule has 0 unspecified atom stereocenters. The zero-order valence-corrected chi connectivity index (χ0v) is 11.1. The van der Waals surface area contributed by atoms with Gasteiger partial charge in [-0.05, 0) is 25.5 Å². The van der Waals surface area contributed by atoms with Gasteiger partial charge in [-0.2, -0.15) is 9.49 Å². The van der Waals surface area contributed by atoms with Crippen molar-refractivity contribution >= 4 is 5.69 Å². The molecule has 0 aliphatic heterocycles. The third kappa shape index (κ3) is 2.53. The zero-order chi connectivity index (χ0) is 14.9. The van der Waals surface area contributed by atoms with Gasteiger partial charge in [-0.25, -0.2) is 0 Å². The lowest BCUT2D eigenvalue weighted by atomic mass is 10.2. The molecule has 0 aliphatic carbocycles. The zero-order valence-electron chi connectivity index (χ0n) is 11.1. The molecule has 106 valence electrons. The highest BCUT2D eigenvalue weighted by atomic mass is 19.1. The van der Waals surface area contributed by atoms with E-state index in [1.165, 1.54) is 6.07 Å². The third-order valence-corrected chi connectivity index (χ3v) is 3.23. The van der Waals surface area contributed by atoms with Crippen LogP contribution in [0.5, 0.6) is 0 Å². The molecule has 1 N–H and O–H groups in total. The van der Waals surface area contributed by atoms with E-state index >= 15 is 0 Å². The number of aryl methyl sites for hydroxylation is 1. The number of hydrogen-bond acceptors (Lipinski definition) is 4. The van der Waals surface area contributed by atoms with E-state index in [0.717, 1.165) is 23.4 Å². The molecule has 0 saturated carbocycles. The average Bonchev–Trinajstić information content (AvgIpc) is 2.63. The van der Waals surface area contributed by atoms with Crippen LogP contribution in [0.1, 0.15) is 22.5 Å². The molecular formula is C13H14FN3O3. The van der Waals surface area contributed by atoms with Crippen molar-refractivity contribution in [2.24, 2.45) is 0 Å². The van der Waals surface area contributed by atoms with Gasteiger partial charge in [-0.15, -0.1) is 0 Å². The van der Waals surface area contributed by atoms with Crippen LogP contribution in [0.25, 0.3) is 0 Å². The van der Waals surface area contributed by atoms with E-state index in [0.29, 0.717) is 17.8 Å². The van der Waals surface area contributed by atoms with E-state index in [-0.39, 0.29) is 6.61 Å². The standard InChI is InChI=1S/C13H14FN3O3/c1-8-11(7-18)9(2)16(15-8)6-10-3-4-13(17(19)20)12(14)5-10/h3-5,18H,6-7H2,1-2H3. The minimum atomic E-state index is -0.864. The normalized spacial score (nSPS) is 10.8. The number of aromatic nitrogens is 2. The maximum Gasteiger partial charge on any atom is 0.304 e. The van der Waals surface area contributed by atoms with E-state index in [1.807, 2.05) is 6.92 Å². The summed E-state index contributed by atoms with van der Waals surface area (Å²) in [7, 11) is 0. The molecular weight excluding hydrogens is 265 g/mol. The molecule has 20 heavy (non-hydrogen) atoms. The molecule has 1 aromatic carbocycles. The number of nitro groups is 1. The summed E-state index contributed by atoms with van der Waals surface area (Å²) >= 11 is 0. The van der Waals surface area contributed by atoms with Gasteiger partial charge in [0.2, 0.25) is 5.82 Å². The molecule has 0 saturated heterocycles. The first-order chi connectivity index (χ1) is 9.43. The Morgan fingerprint density at radius 1 is 1.45 bits per heavy atom. The van der Waals surface area contributed by atoms with Crippen molar-refractivity contribution in [3.63, 3.8) is 0 Å². The van der Waals surface area contributed by atoms with Crippen molar-refractivity contribution in [2.45, 2.75) is 27.0 Å². The predicted octanol–water partition coefficient (Wildman–Crippen LogP) is 2.09. The lowest BCUT2D eigenvalue weighted by Gasteiger charge is -2.05. The van der Waals surface area contributed by atoms with Crippen molar-refractivity contribution in [3.8, 4) is 0 Å². The van der Waals surface area contributed by atoms with Crippen molar-refractivity contribution in [1.82, 2.24) is 9.78 Å². The van der Waals surface area contributed by atoms with Gasteiger partial charge < -0.3 is 5.11 Å². The largest absolute Gasteiger partial charge is 0.392 e. The number of aliphatic hydroxyl groups excluding tert-OH is 1. The maximum atomic E-state index is 13.5. The molecule has 0 amide bonds. The van der Waals surface area contributed by atoms with Crippen LogP contribution in [-0.2, 0) is 13.2 Å². The van der Waals surface area contributed by atoms with E-state index < -0.39 is 16.4 Å². The van der Waals surface area contributed by atoms with E-state index in [9.17, 15) is 19.6 Å². The minimum Gasteiger partial charge on any atom is -0.392 e. The van der Waals surface area contributed by atoms with Crippen LogP contribution in [0, 0.1) is 29.8 Å². The van der Waals surface area contributed by atoms with Crippen molar-refractivity contribution < 1.29 is 14.4 Å². The van der Waals surface area contributed by atoms with Crippen LogP contribution >= 0.6 is 0 Å². The quantitative estimate of drug-likeness (QED) is 0.686. The third-order valence-electron chi connectivity index (χ3n) is 3.23. The fourth-order valence-corrected chi connectivity index (χ4v) is 2.09. The summed E-state index contributed by atoms with van der Waals surface area (Å²) in [6.07, 6.45) is 0. The van der Waals surface area contributed by atoms with Crippen LogP contribution < -0.4 is 0 Å². The number of nitro benzene ring substituents is 1. The van der Waals surface area contributed by atoms with Crippen LogP contribution in [0.15, 0.2) is 18.2 Å². The van der Waals surface area contributed by atoms with E-state index in [2.05, 4.69) is 5.10 Å². The first-order valence-electron chi connectivity index (χ1n) is 6.00. The first kappa shape index (κ1) is 14.1. The highest BCUT2D eigenvalue weighted by molar-refractivity contribution is 5.35. The Morgan fingerprint density at radius 2 is 2.15 bits per heavy atom. The Kier molecular flexibility index (Phi) is 3.80. The van der Waals surface area contributed by atoms with E-state index in [4.69, 9.17) is 0 Å². The highest BCUT2D eigenvalue weighted by Crippen LogP contribution is 2.20. The fourth-order valence-electron chi connectivity index (χ4n) is 2.09. The molecule has 2 rings (SSSR count). The Labute approximate surface area is 114 Å². The number of nitrogens with zero attached hydrogens (tertiary/aromatic N) is 3. The van der Waals surface area contributed by atoms with Gasteiger partial charge in [-0.1, -0.05) is 6.07 Å². The monoisotopic (exact) mass is 279 g/mol. The van der Waals surface area contributed by atoms with Gasteiger partial charge in [0.25, 0.3) is 0 Å². The van der Waals surface area contributed by atoms with Gasteiger partial charge >= 0.3 is 5.69 Å². The number of aliphatic hydroxyl groups is 1. The molecule has 0 spiro atoms. The van der Waals surface area contributed by atoms with Gasteiger partial charge in [0.1, 0.15) is 0 Å². The molecule has 0 aliphatic rings. The second-order valence-electron chi connectivity index (χ2n) is 4.51. The molecule has 1 heterocycles. The van der Waals surface area contributed by atoms with Gasteiger partial charge in [-0.3, -0.25) is 14.8 Å². The summed E-state index contributed by atoms with van der Waals surface area (Å²) in [6.45, 7) is 3.78. The summed E-state index contributed by atoms with van der Waals surface area (Å²) in [5.74, 6) is -0.864. The molecule has 2 aromatic rings. The summed E-state index contributed by atoms with van der Waals surface area (Å²) in [5.41, 5.74) is 2.28. The smallest absolute Gasteiger partial charge is 0.304 e. The number of hydrogen-bond donors (Lipinski definition) is 1. The summed E-state index contributed by atoms with van der Waals surface area (Å²) in [5, 5.41) is 24.0. The summed E-state index contributed by atoms with van der Waals surface area (Å²) in [6, 6.07) is 3.77. The second kappa shape index (κ2) is 5.38. The summed E-state index contributed by atoms with van der Waals surface area (Å²) in [4.78, 5) is 9.79. The van der Waals surface area contributed by atoms with Crippen LogP contribution in [0.2, 0.25) is 0 Å². The Morgan fingerprint density at radius 3 is 2.65 bits per heavy atom. The van der Waals surface area contributed by atoms with Crippen LogP contribution in [0.3, 0.4) is 0 Å². The number of halogens is 1. The van der Waals surface area contributed by atoms with Crippen molar-refractivity contribution in [3.05, 3.63) is 56.6 Å². The molecule has 0 fully saturated rings. The lowest BCUT2D eigenvalue weighted by Crippen LogP contribution is -2.05. The Hall–Kier alpha value is -2.28. The fraction of sp³-hybridized carbons (Fsp3) is 0.308. The van der Waals surface area contributed by atoms with E-state index in [1.54, 1.807) is 11.6 Å². The first-order valence-corrected chi connectivity index (χ1v) is 6.00. The Bertz CT molecular complexity index is 667. The van der Waals surface area contributed by atoms with Crippen molar-refractivity contribution in [2.75, 3.05) is 0 Å². The highest BCUT2D eigenvalue weighted by Gasteiger charge is 2.15. The molecule has 7 heteroatoms. The topological polar surface area (TPSA) is 81.2 Å². The molecule has 6 nitrogen and oxygen atoms in total. The van der Waals surface area contributed by atoms with Gasteiger partial charge in [0, 0.05) is 17.3 Å². The molecule has 1 aromatic heterocycles. The van der Waals surface area contributed by atoms with Crippen LogP contribution in [-0.4, -0.2) is 19.8 Å². The van der Waals surface area contributed by atoms with Gasteiger partial charge in [0.15, 0.2) is 0 Å².